The van der Waals surface area contributed by atoms with Gasteiger partial charge < -0.3 is 48.5 Å². The molecule has 3 saturated heterocycles. The molecule has 4 aliphatic heterocycles. The first kappa shape index (κ1) is 51.8. The van der Waals surface area contributed by atoms with Gasteiger partial charge in [-0.05, 0) is 76.9 Å². The van der Waals surface area contributed by atoms with Gasteiger partial charge in [-0.25, -0.2) is 9.69 Å². The predicted molar refractivity (Wildman–Crippen MR) is 271 cm³/mol. The van der Waals surface area contributed by atoms with Crippen LogP contribution in [0.3, 0.4) is 0 Å². The molecule has 4 aliphatic rings. The van der Waals surface area contributed by atoms with Crippen molar-refractivity contribution in [3.8, 4) is 17.6 Å². The fraction of sp³-hybridized carbons (Fsp3) is 0.333. The number of nitrogens with zero attached hydrogens (tertiary/aromatic N) is 3. The Kier molecular flexibility index (Phi) is 15.9. The van der Waals surface area contributed by atoms with Crippen LogP contribution in [0.2, 0.25) is 0 Å². The van der Waals surface area contributed by atoms with Crippen LogP contribution in [-0.4, -0.2) is 126 Å². The molecule has 4 heterocycles. The zero-order valence-corrected chi connectivity index (χ0v) is 41.5. The molecular weight excluding hydrogens is 965 g/mol. The van der Waals surface area contributed by atoms with E-state index in [0.717, 1.165) is 24.8 Å². The van der Waals surface area contributed by atoms with Crippen LogP contribution >= 0.6 is 0 Å². The summed E-state index contributed by atoms with van der Waals surface area (Å²) in [6.45, 7) is 1.84. The first-order valence-electron chi connectivity index (χ1n) is 24.5. The number of aliphatic hydroxyl groups is 1. The number of ether oxygens (including phenoxy) is 7. The summed E-state index contributed by atoms with van der Waals surface area (Å²) >= 11 is 0. The minimum Gasteiger partial charge on any atom is -0.491 e. The number of carbonyl (C=O) groups is 6. The number of cyclic esters (lactones) is 1. The van der Waals surface area contributed by atoms with Crippen molar-refractivity contribution in [2.75, 3.05) is 89.2 Å². The Balaban J connectivity index is 1.32. The number of benzene rings is 5. The summed E-state index contributed by atoms with van der Waals surface area (Å²) in [6.07, 6.45) is -2.38. The fourth-order valence-electron chi connectivity index (χ4n) is 10.8. The second kappa shape index (κ2) is 23.0. The van der Waals surface area contributed by atoms with Gasteiger partial charge in [0.2, 0.25) is 11.8 Å². The number of rotatable bonds is 15. The number of methoxy groups -OCH3 is 3. The Morgan fingerprint density at radius 2 is 1.45 bits per heavy atom. The van der Waals surface area contributed by atoms with Crippen molar-refractivity contribution >= 4 is 52.9 Å². The minimum absolute atomic E-state index is 0.00161. The Hall–Kier alpha value is -8.08. The molecule has 18 heteroatoms. The normalized spacial score (nSPS) is 21.9. The van der Waals surface area contributed by atoms with Crippen molar-refractivity contribution in [2.24, 2.45) is 11.8 Å². The molecule has 2 N–H and O–H groups in total. The summed E-state index contributed by atoms with van der Waals surface area (Å²) in [7, 11) is 3.71. The summed E-state index contributed by atoms with van der Waals surface area (Å²) in [5, 5.41) is 12.9. The summed E-state index contributed by atoms with van der Waals surface area (Å²) in [6, 6.07) is 33.5. The number of fused-ring (bicyclic) bond motifs is 3. The molecule has 388 valence electrons. The summed E-state index contributed by atoms with van der Waals surface area (Å²) < 4.78 is 38.8. The molecule has 6 atom stereocenters. The van der Waals surface area contributed by atoms with Gasteiger partial charge in [0.1, 0.15) is 36.5 Å². The van der Waals surface area contributed by atoms with Gasteiger partial charge in [0.05, 0.1) is 64.3 Å². The number of hydrogen-bond acceptors (Lipinski definition) is 16. The lowest BCUT2D eigenvalue weighted by Crippen LogP contribution is -2.54. The molecule has 3 fully saturated rings. The smallest absolute Gasteiger partial charge is 0.421 e. The van der Waals surface area contributed by atoms with E-state index in [4.69, 9.17) is 33.2 Å². The summed E-state index contributed by atoms with van der Waals surface area (Å²) in [5.41, 5.74) is 1.23. The molecule has 3 amide bonds. The monoisotopic (exact) mass is 1020 g/mol. The van der Waals surface area contributed by atoms with Crippen molar-refractivity contribution in [1.29, 1.82) is 0 Å². The van der Waals surface area contributed by atoms with Crippen LogP contribution < -0.4 is 19.9 Å². The molecule has 18 nitrogen and oxygen atoms in total. The van der Waals surface area contributed by atoms with E-state index in [-0.39, 0.29) is 49.7 Å². The molecule has 5 aromatic rings. The van der Waals surface area contributed by atoms with Crippen molar-refractivity contribution in [3.05, 3.63) is 155 Å². The van der Waals surface area contributed by atoms with Crippen molar-refractivity contribution in [2.45, 2.75) is 36.1 Å². The maximum atomic E-state index is 16.6. The van der Waals surface area contributed by atoms with Gasteiger partial charge in [-0.2, -0.15) is 0 Å². The maximum Gasteiger partial charge on any atom is 0.421 e. The Bertz CT molecular complexity index is 2960. The minimum atomic E-state index is -2.20. The lowest BCUT2D eigenvalue weighted by Gasteiger charge is -2.46. The lowest BCUT2D eigenvalue weighted by atomic mass is 9.65. The van der Waals surface area contributed by atoms with Gasteiger partial charge in [0, 0.05) is 43.6 Å². The molecule has 5 aromatic carbocycles. The third-order valence-electron chi connectivity index (χ3n) is 14.0. The van der Waals surface area contributed by atoms with Gasteiger partial charge in [-0.15, -0.1) is 0 Å². The number of nitrogens with one attached hydrogen (secondary N) is 1. The van der Waals surface area contributed by atoms with Crippen LogP contribution in [0.5, 0.6) is 5.75 Å². The molecule has 6 unspecified atom stereocenters. The lowest BCUT2D eigenvalue weighted by molar-refractivity contribution is -0.178. The molecular formula is C57H56N4O14. The Morgan fingerprint density at radius 3 is 2.12 bits per heavy atom. The highest BCUT2D eigenvalue weighted by atomic mass is 16.6. The number of esters is 3. The van der Waals surface area contributed by atoms with Crippen LogP contribution in [0.25, 0.3) is 0 Å². The predicted octanol–water partition coefficient (Wildman–Crippen LogP) is 5.69. The van der Waals surface area contributed by atoms with Crippen LogP contribution in [0.1, 0.15) is 52.4 Å². The molecule has 1 spiro atoms. The van der Waals surface area contributed by atoms with Crippen LogP contribution in [0.4, 0.5) is 21.9 Å². The van der Waals surface area contributed by atoms with Crippen LogP contribution in [0.15, 0.2) is 127 Å². The van der Waals surface area contributed by atoms with E-state index in [1.807, 2.05) is 77.7 Å². The molecule has 0 aromatic heterocycles. The summed E-state index contributed by atoms with van der Waals surface area (Å²) in [5.74, 6) is -0.986. The Morgan fingerprint density at radius 1 is 0.773 bits per heavy atom. The Labute approximate surface area is 433 Å². The maximum absolute atomic E-state index is 16.6. The SMILES string of the molecule is COCCOC(=O)N1C(=O)C2(c3cc(C#CCC(C(=O)OC)C(=O)OC)ccc31)C(C(=O)Nc1ccc(N3CCOCC3)cc1)C1C(=O)OC(c3ccccc3)C(c3ccccc3)N1C2c1cccc(OCCO)c1. The second-order valence-corrected chi connectivity index (χ2v) is 18.1. The van der Waals surface area contributed by atoms with Crippen LogP contribution in [-0.2, 0) is 57.8 Å². The highest BCUT2D eigenvalue weighted by Crippen LogP contribution is 2.66. The number of anilines is 3. The van der Waals surface area contributed by atoms with E-state index in [1.165, 1.54) is 13.2 Å². The molecule has 0 radical (unpaired) electrons. The second-order valence-electron chi connectivity index (χ2n) is 18.1. The van der Waals surface area contributed by atoms with Gasteiger partial charge >= 0.3 is 24.0 Å². The quantitative estimate of drug-likeness (QED) is 0.0425. The van der Waals surface area contributed by atoms with Gasteiger partial charge in [-0.1, -0.05) is 84.6 Å². The zero-order chi connectivity index (χ0) is 52.6. The average molecular weight is 1020 g/mol. The van der Waals surface area contributed by atoms with E-state index >= 15 is 14.4 Å². The number of carbonyl (C=O) groups excluding carboxylic acids is 6. The van der Waals surface area contributed by atoms with E-state index in [1.54, 1.807) is 48.5 Å². The van der Waals surface area contributed by atoms with E-state index in [2.05, 4.69) is 22.1 Å². The number of hydrogen-bond donors (Lipinski definition) is 2. The van der Waals surface area contributed by atoms with Crippen LogP contribution in [0, 0.1) is 23.7 Å². The van der Waals surface area contributed by atoms with Crippen molar-refractivity contribution in [3.63, 3.8) is 0 Å². The molecule has 0 bridgehead atoms. The number of morpholine rings is 2. The largest absolute Gasteiger partial charge is 0.491 e. The van der Waals surface area contributed by atoms with Crippen molar-refractivity contribution < 1.29 is 67.0 Å². The number of amides is 3. The van der Waals surface area contributed by atoms with E-state index in [0.29, 0.717) is 54.4 Å². The summed E-state index contributed by atoms with van der Waals surface area (Å²) in [4.78, 5) is 93.1. The van der Waals surface area contributed by atoms with Gasteiger partial charge in [0.25, 0.3) is 0 Å². The first-order valence-corrected chi connectivity index (χ1v) is 24.5. The highest BCUT2D eigenvalue weighted by molar-refractivity contribution is 6.24. The zero-order valence-electron chi connectivity index (χ0n) is 41.5. The molecule has 9 rings (SSSR count). The average Bonchev–Trinajstić information content (AvgIpc) is 4.04. The number of aliphatic hydroxyl groups excluding tert-OH is 1. The standard InChI is InChI=1S/C57H56N4O14/c1-69-32-33-74-56(68)60-45-25-20-36(12-10-19-43(52(64)70-2)53(65)71-3)34-44(45)57(55(60)67)46(51(63)58-40-21-23-41(24-22-40)59-26-29-72-30-27-59)48-54(66)75-49(38-15-8-5-9-16-38)47(37-13-6-4-7-14-37)61(48)50(57)39-17-11-18-42(35-39)73-31-28-62/h4-9,11,13-18,20-25,34-35,43,46-50,62H,19,26-33H2,1-3H3,(H,58,63). The third kappa shape index (κ3) is 10.0. The van der Waals surface area contributed by atoms with Crippen molar-refractivity contribution in [1.82, 2.24) is 4.90 Å². The molecule has 75 heavy (non-hydrogen) atoms. The third-order valence-corrected chi connectivity index (χ3v) is 14.0. The number of imide groups is 1. The van der Waals surface area contributed by atoms with E-state index < -0.39 is 77.3 Å². The highest BCUT2D eigenvalue weighted by Gasteiger charge is 2.76. The van der Waals surface area contributed by atoms with Gasteiger partial charge in [0.15, 0.2) is 5.92 Å². The molecule has 0 aliphatic carbocycles. The van der Waals surface area contributed by atoms with E-state index in [9.17, 15) is 19.5 Å². The van der Waals surface area contributed by atoms with Gasteiger partial charge in [-0.3, -0.25) is 28.9 Å². The first-order chi connectivity index (χ1) is 36.5. The molecule has 0 saturated carbocycles. The topological polar surface area (TPSA) is 209 Å². The fourth-order valence-corrected chi connectivity index (χ4v) is 10.8.